The molecule has 0 aliphatic heterocycles. The summed E-state index contributed by atoms with van der Waals surface area (Å²) < 4.78 is 0. The van der Waals surface area contributed by atoms with Crippen LogP contribution in [-0.2, 0) is 9.59 Å². The van der Waals surface area contributed by atoms with Gasteiger partial charge in [-0.25, -0.2) is 0 Å². The van der Waals surface area contributed by atoms with Gasteiger partial charge in [-0.2, -0.15) is 0 Å². The van der Waals surface area contributed by atoms with Crippen LogP contribution < -0.4 is 5.32 Å². The van der Waals surface area contributed by atoms with Crippen LogP contribution in [0.2, 0.25) is 0 Å². The third kappa shape index (κ3) is 2.25. The standard InChI is InChI=1S/C10H17NO3/c1-6(7-4-5-7)11-8(12)10(2,3)9(13)14/h6-7H,4-5H2,1-3H3,(H,11,12)(H,13,14). The van der Waals surface area contributed by atoms with Crippen LogP contribution in [0, 0.1) is 11.3 Å². The summed E-state index contributed by atoms with van der Waals surface area (Å²) in [7, 11) is 0. The summed E-state index contributed by atoms with van der Waals surface area (Å²) in [5.74, 6) is -0.939. The smallest absolute Gasteiger partial charge is 0.318 e. The molecule has 0 aromatic heterocycles. The molecule has 0 bridgehead atoms. The average Bonchev–Trinajstić information content (AvgIpc) is 2.85. The van der Waals surface area contributed by atoms with Gasteiger partial charge in [0.15, 0.2) is 0 Å². The van der Waals surface area contributed by atoms with Gasteiger partial charge < -0.3 is 10.4 Å². The highest BCUT2D eigenvalue weighted by atomic mass is 16.4. The molecule has 1 atom stereocenters. The van der Waals surface area contributed by atoms with Crippen molar-refractivity contribution in [2.24, 2.45) is 11.3 Å². The van der Waals surface area contributed by atoms with Crippen molar-refractivity contribution in [3.63, 3.8) is 0 Å². The first kappa shape index (κ1) is 11.0. The third-order valence-electron chi connectivity index (χ3n) is 2.79. The van der Waals surface area contributed by atoms with Gasteiger partial charge in [0.1, 0.15) is 5.41 Å². The Morgan fingerprint density at radius 1 is 1.43 bits per heavy atom. The fraction of sp³-hybridized carbons (Fsp3) is 0.800. The predicted octanol–water partition coefficient (Wildman–Crippen LogP) is 1.01. The Labute approximate surface area is 83.7 Å². The lowest BCUT2D eigenvalue weighted by atomic mass is 9.92. The number of hydrogen-bond donors (Lipinski definition) is 2. The second-order valence-electron chi connectivity index (χ2n) is 4.53. The van der Waals surface area contributed by atoms with Crippen molar-refractivity contribution in [3.8, 4) is 0 Å². The summed E-state index contributed by atoms with van der Waals surface area (Å²) in [4.78, 5) is 22.3. The van der Waals surface area contributed by atoms with Crippen molar-refractivity contribution >= 4 is 11.9 Å². The zero-order valence-electron chi connectivity index (χ0n) is 8.83. The van der Waals surface area contributed by atoms with Gasteiger partial charge in [0.2, 0.25) is 5.91 Å². The highest BCUT2D eigenvalue weighted by molar-refractivity contribution is 6.01. The Morgan fingerprint density at radius 3 is 2.29 bits per heavy atom. The molecular weight excluding hydrogens is 182 g/mol. The highest BCUT2D eigenvalue weighted by Crippen LogP contribution is 2.32. The summed E-state index contributed by atoms with van der Waals surface area (Å²) in [6, 6.07) is 0.0983. The first-order chi connectivity index (χ1) is 6.35. The van der Waals surface area contributed by atoms with Crippen LogP contribution in [0.1, 0.15) is 33.6 Å². The van der Waals surface area contributed by atoms with Gasteiger partial charge in [0, 0.05) is 6.04 Å². The molecule has 1 rings (SSSR count). The number of carboxylic acids is 1. The van der Waals surface area contributed by atoms with Gasteiger partial charge in [-0.3, -0.25) is 9.59 Å². The number of aliphatic carboxylic acids is 1. The molecule has 1 saturated carbocycles. The maximum Gasteiger partial charge on any atom is 0.318 e. The van der Waals surface area contributed by atoms with Crippen molar-refractivity contribution in [3.05, 3.63) is 0 Å². The zero-order chi connectivity index (χ0) is 10.9. The Balaban J connectivity index is 2.51. The fourth-order valence-electron chi connectivity index (χ4n) is 1.20. The molecule has 0 spiro atoms. The van der Waals surface area contributed by atoms with Crippen molar-refractivity contribution in [1.82, 2.24) is 5.32 Å². The van der Waals surface area contributed by atoms with Crippen molar-refractivity contribution in [2.75, 3.05) is 0 Å². The van der Waals surface area contributed by atoms with E-state index < -0.39 is 17.3 Å². The number of carboxylic acid groups (broad SMARTS) is 1. The Hall–Kier alpha value is -1.06. The molecule has 2 N–H and O–H groups in total. The van der Waals surface area contributed by atoms with Crippen LogP contribution in [0.3, 0.4) is 0 Å². The largest absolute Gasteiger partial charge is 0.480 e. The quantitative estimate of drug-likeness (QED) is 0.664. The van der Waals surface area contributed by atoms with Gasteiger partial charge in [-0.15, -0.1) is 0 Å². The van der Waals surface area contributed by atoms with E-state index in [0.717, 1.165) is 12.8 Å². The van der Waals surface area contributed by atoms with Gasteiger partial charge >= 0.3 is 5.97 Å². The molecule has 4 heteroatoms. The molecule has 0 heterocycles. The van der Waals surface area contributed by atoms with E-state index in [4.69, 9.17) is 5.11 Å². The zero-order valence-corrected chi connectivity index (χ0v) is 8.83. The van der Waals surface area contributed by atoms with E-state index >= 15 is 0 Å². The van der Waals surface area contributed by atoms with E-state index in [1.54, 1.807) is 0 Å². The number of amides is 1. The second kappa shape index (κ2) is 3.59. The number of carbonyl (C=O) groups excluding carboxylic acids is 1. The Bertz CT molecular complexity index is 256. The number of rotatable bonds is 4. The van der Waals surface area contributed by atoms with Crippen LogP contribution in [0.5, 0.6) is 0 Å². The van der Waals surface area contributed by atoms with Crippen molar-refractivity contribution < 1.29 is 14.7 Å². The lowest BCUT2D eigenvalue weighted by Gasteiger charge is -2.21. The molecule has 1 aliphatic carbocycles. The summed E-state index contributed by atoms with van der Waals surface area (Å²) >= 11 is 0. The molecular formula is C10H17NO3. The second-order valence-corrected chi connectivity index (χ2v) is 4.53. The lowest BCUT2D eigenvalue weighted by Crippen LogP contribution is -2.46. The molecule has 80 valence electrons. The predicted molar refractivity (Wildman–Crippen MR) is 51.7 cm³/mol. The summed E-state index contributed by atoms with van der Waals surface area (Å²) in [6.07, 6.45) is 2.27. The maximum atomic E-state index is 11.6. The molecule has 0 radical (unpaired) electrons. The molecule has 1 unspecified atom stereocenters. The van der Waals surface area contributed by atoms with Crippen LogP contribution in [-0.4, -0.2) is 23.0 Å². The highest BCUT2D eigenvalue weighted by Gasteiger charge is 2.38. The molecule has 4 nitrogen and oxygen atoms in total. The van der Waals surface area contributed by atoms with Crippen LogP contribution in [0.25, 0.3) is 0 Å². The molecule has 0 aromatic carbocycles. The van der Waals surface area contributed by atoms with E-state index in [1.807, 2.05) is 6.92 Å². The molecule has 0 aromatic rings. The van der Waals surface area contributed by atoms with Crippen molar-refractivity contribution in [2.45, 2.75) is 39.7 Å². The van der Waals surface area contributed by atoms with E-state index in [9.17, 15) is 9.59 Å². The van der Waals surface area contributed by atoms with Crippen molar-refractivity contribution in [1.29, 1.82) is 0 Å². The van der Waals surface area contributed by atoms with Crippen LogP contribution >= 0.6 is 0 Å². The summed E-state index contributed by atoms with van der Waals surface area (Å²) in [5, 5.41) is 11.6. The topological polar surface area (TPSA) is 66.4 Å². The lowest BCUT2D eigenvalue weighted by molar-refractivity contribution is -0.153. The molecule has 0 saturated heterocycles. The number of carbonyl (C=O) groups is 2. The summed E-state index contributed by atoms with van der Waals surface area (Å²) in [5.41, 5.74) is -1.33. The van der Waals surface area contributed by atoms with E-state index in [-0.39, 0.29) is 6.04 Å². The number of nitrogens with one attached hydrogen (secondary N) is 1. The SMILES string of the molecule is CC(NC(=O)C(C)(C)C(=O)O)C1CC1. The number of hydrogen-bond acceptors (Lipinski definition) is 2. The third-order valence-corrected chi connectivity index (χ3v) is 2.79. The minimum absolute atomic E-state index is 0.0983. The minimum atomic E-state index is -1.33. The Kier molecular flexibility index (Phi) is 2.83. The summed E-state index contributed by atoms with van der Waals surface area (Å²) in [6.45, 7) is 4.77. The van der Waals surface area contributed by atoms with Gasteiger partial charge in [0.25, 0.3) is 0 Å². The first-order valence-electron chi connectivity index (χ1n) is 4.90. The monoisotopic (exact) mass is 199 g/mol. The normalized spacial score (nSPS) is 18.8. The van der Waals surface area contributed by atoms with Crippen LogP contribution in [0.15, 0.2) is 0 Å². The van der Waals surface area contributed by atoms with Crippen LogP contribution in [0.4, 0.5) is 0 Å². The molecule has 14 heavy (non-hydrogen) atoms. The molecule has 1 aliphatic rings. The maximum absolute atomic E-state index is 11.6. The molecule has 1 amide bonds. The first-order valence-corrected chi connectivity index (χ1v) is 4.90. The van der Waals surface area contributed by atoms with Gasteiger partial charge in [-0.1, -0.05) is 0 Å². The minimum Gasteiger partial charge on any atom is -0.480 e. The van der Waals surface area contributed by atoms with E-state index in [2.05, 4.69) is 5.32 Å². The Morgan fingerprint density at radius 2 is 1.93 bits per heavy atom. The fourth-order valence-corrected chi connectivity index (χ4v) is 1.20. The van der Waals surface area contributed by atoms with Gasteiger partial charge in [-0.05, 0) is 39.5 Å². The molecule has 1 fully saturated rings. The van der Waals surface area contributed by atoms with Gasteiger partial charge in [0.05, 0.1) is 0 Å². The van der Waals surface area contributed by atoms with E-state index in [0.29, 0.717) is 5.92 Å². The van der Waals surface area contributed by atoms with E-state index in [1.165, 1.54) is 13.8 Å². The average molecular weight is 199 g/mol.